The number of rotatable bonds is 7. The molecule has 3 N–H and O–H groups in total. The molecule has 0 saturated heterocycles. The lowest BCUT2D eigenvalue weighted by molar-refractivity contribution is -0.0497. The third-order valence-corrected chi connectivity index (χ3v) is 4.82. The second-order valence-corrected chi connectivity index (χ2v) is 8.17. The number of halogens is 2. The summed E-state index contributed by atoms with van der Waals surface area (Å²) in [5, 5.41) is 0.739. The van der Waals surface area contributed by atoms with Crippen LogP contribution >= 0.6 is 0 Å². The normalized spacial score (nSPS) is 11.9. The van der Waals surface area contributed by atoms with Crippen molar-refractivity contribution in [2.45, 2.75) is 26.5 Å². The van der Waals surface area contributed by atoms with Gasteiger partial charge in [-0.25, -0.2) is 8.42 Å². The third kappa shape index (κ3) is 4.19. The van der Waals surface area contributed by atoms with Crippen molar-refractivity contribution >= 4 is 32.3 Å². The largest absolute Gasteiger partial charge is 0.435 e. The van der Waals surface area contributed by atoms with Gasteiger partial charge in [-0.05, 0) is 30.7 Å². The van der Waals surface area contributed by atoms with Crippen LogP contribution in [0.3, 0.4) is 0 Å². The van der Waals surface area contributed by atoms with Crippen LogP contribution in [0, 0.1) is 0 Å². The smallest absolute Gasteiger partial charge is 0.387 e. The zero-order valence-electron chi connectivity index (χ0n) is 15.4. The summed E-state index contributed by atoms with van der Waals surface area (Å²) in [7, 11) is -3.37. The Kier molecular flexibility index (Phi) is 5.46. The number of hydrogen-bond donors (Lipinski definition) is 2. The first-order chi connectivity index (χ1) is 13.2. The molecule has 0 saturated carbocycles. The number of nitrogens with two attached hydrogens (primary N) is 1. The summed E-state index contributed by atoms with van der Waals surface area (Å²) in [6.45, 7) is -0.270. The van der Waals surface area contributed by atoms with Crippen LogP contribution in [0.15, 0.2) is 42.5 Å². The molecule has 2 aromatic carbocycles. The molecule has 3 rings (SSSR count). The van der Waals surface area contributed by atoms with Crippen molar-refractivity contribution in [2.24, 2.45) is 0 Å². The Hall–Kier alpha value is -2.81. The van der Waals surface area contributed by atoms with Gasteiger partial charge in [-0.2, -0.15) is 8.78 Å². The van der Waals surface area contributed by atoms with Crippen LogP contribution in [0.1, 0.15) is 13.3 Å². The molecule has 1 aromatic heterocycles. The third-order valence-electron chi connectivity index (χ3n) is 4.21. The fourth-order valence-electron chi connectivity index (χ4n) is 3.21. The second-order valence-electron chi connectivity index (χ2n) is 6.42. The number of ether oxygens (including phenoxy) is 1. The van der Waals surface area contributed by atoms with Crippen molar-refractivity contribution < 1.29 is 21.9 Å². The fraction of sp³-hybridized carbons (Fsp3) is 0.263. The molecule has 3 aromatic rings. The van der Waals surface area contributed by atoms with E-state index in [-0.39, 0.29) is 5.75 Å². The Balaban J connectivity index is 2.11. The van der Waals surface area contributed by atoms with Crippen molar-refractivity contribution in [1.29, 1.82) is 0 Å². The van der Waals surface area contributed by atoms with E-state index in [1.54, 1.807) is 36.4 Å². The van der Waals surface area contributed by atoms with E-state index in [2.05, 4.69) is 9.46 Å². The fourth-order valence-corrected chi connectivity index (χ4v) is 3.77. The number of hydrogen-bond acceptors (Lipinski definition) is 4. The molecule has 6 nitrogen and oxygen atoms in total. The quantitative estimate of drug-likeness (QED) is 0.610. The molecule has 9 heteroatoms. The maximum absolute atomic E-state index is 12.6. The molecular formula is C19H21F2N3O3S. The first-order valence-electron chi connectivity index (χ1n) is 8.64. The SMILES string of the molecule is CCCn1c(-c2ccc(NS(C)(=O)=O)cc2)c(N)c2ccc(OC(F)F)cc21. The van der Waals surface area contributed by atoms with Gasteiger partial charge in [-0.15, -0.1) is 0 Å². The maximum atomic E-state index is 12.6. The Morgan fingerprint density at radius 3 is 2.43 bits per heavy atom. The molecule has 28 heavy (non-hydrogen) atoms. The van der Waals surface area contributed by atoms with Crippen molar-refractivity contribution in [3.8, 4) is 17.0 Å². The van der Waals surface area contributed by atoms with Crippen molar-refractivity contribution in [3.05, 3.63) is 42.5 Å². The molecule has 0 aliphatic rings. The van der Waals surface area contributed by atoms with Crippen LogP contribution in [-0.4, -0.2) is 25.9 Å². The molecule has 0 atom stereocenters. The summed E-state index contributed by atoms with van der Waals surface area (Å²) >= 11 is 0. The van der Waals surface area contributed by atoms with Crippen molar-refractivity contribution in [3.63, 3.8) is 0 Å². The Labute approximate surface area is 162 Å². The summed E-state index contributed by atoms with van der Waals surface area (Å²) in [6, 6.07) is 11.5. The average molecular weight is 409 g/mol. The van der Waals surface area contributed by atoms with Crippen molar-refractivity contribution in [2.75, 3.05) is 16.7 Å². The minimum absolute atomic E-state index is 0.0663. The van der Waals surface area contributed by atoms with Gasteiger partial charge in [0.05, 0.1) is 23.2 Å². The van der Waals surface area contributed by atoms with Crippen LogP contribution in [0.25, 0.3) is 22.2 Å². The number of aryl methyl sites for hydroxylation is 1. The zero-order valence-corrected chi connectivity index (χ0v) is 16.3. The molecule has 0 spiro atoms. The first-order valence-corrected chi connectivity index (χ1v) is 10.5. The number of aromatic nitrogens is 1. The van der Waals surface area contributed by atoms with E-state index < -0.39 is 16.6 Å². The summed E-state index contributed by atoms with van der Waals surface area (Å²) in [6.07, 6.45) is 1.89. The monoisotopic (exact) mass is 409 g/mol. The van der Waals surface area contributed by atoms with Crippen LogP contribution in [0.2, 0.25) is 0 Å². The number of sulfonamides is 1. The molecular weight excluding hydrogens is 388 g/mol. The molecule has 0 amide bonds. The number of benzene rings is 2. The van der Waals surface area contributed by atoms with Crippen LogP contribution < -0.4 is 15.2 Å². The lowest BCUT2D eigenvalue weighted by atomic mass is 10.1. The number of nitrogen functional groups attached to an aromatic ring is 1. The predicted molar refractivity (Wildman–Crippen MR) is 107 cm³/mol. The molecule has 0 fully saturated rings. The van der Waals surface area contributed by atoms with Gasteiger partial charge < -0.3 is 15.0 Å². The maximum Gasteiger partial charge on any atom is 0.387 e. The number of nitrogens with one attached hydrogen (secondary N) is 1. The first kappa shape index (κ1) is 19.9. The molecule has 0 aliphatic heterocycles. The van der Waals surface area contributed by atoms with Gasteiger partial charge in [-0.1, -0.05) is 19.1 Å². The highest BCUT2D eigenvalue weighted by atomic mass is 32.2. The standard InChI is InChI=1S/C19H21F2N3O3S/c1-3-10-24-16-11-14(27-19(20)21)8-9-15(16)17(22)18(24)12-4-6-13(7-5-12)23-28(2,25)26/h4-9,11,19,23H,3,10,22H2,1-2H3. The summed E-state index contributed by atoms with van der Waals surface area (Å²) in [5.41, 5.74) is 9.57. The summed E-state index contributed by atoms with van der Waals surface area (Å²) in [4.78, 5) is 0. The highest BCUT2D eigenvalue weighted by Gasteiger charge is 2.18. The minimum atomic E-state index is -3.37. The highest BCUT2D eigenvalue weighted by molar-refractivity contribution is 7.92. The minimum Gasteiger partial charge on any atom is -0.435 e. The molecule has 0 unspecified atom stereocenters. The summed E-state index contributed by atoms with van der Waals surface area (Å²) < 4.78 is 56.8. The van der Waals surface area contributed by atoms with Crippen LogP contribution in [0.5, 0.6) is 5.75 Å². The van der Waals surface area contributed by atoms with E-state index in [4.69, 9.17) is 5.73 Å². The predicted octanol–water partition coefficient (Wildman–Crippen LogP) is 4.27. The van der Waals surface area contributed by atoms with Gasteiger partial charge in [-0.3, -0.25) is 4.72 Å². The van der Waals surface area contributed by atoms with E-state index in [0.717, 1.165) is 29.3 Å². The summed E-state index contributed by atoms with van der Waals surface area (Å²) in [5.74, 6) is 0.0663. The van der Waals surface area contributed by atoms with Crippen molar-refractivity contribution in [1.82, 2.24) is 4.57 Å². The molecule has 0 radical (unpaired) electrons. The zero-order chi connectivity index (χ0) is 20.5. The lowest BCUT2D eigenvalue weighted by Gasteiger charge is -2.12. The van der Waals surface area contributed by atoms with Gasteiger partial charge in [0.15, 0.2) is 0 Å². The lowest BCUT2D eigenvalue weighted by Crippen LogP contribution is -2.09. The number of alkyl halides is 2. The van der Waals surface area contributed by atoms with Gasteiger partial charge in [0.25, 0.3) is 0 Å². The van der Waals surface area contributed by atoms with E-state index in [9.17, 15) is 17.2 Å². The van der Waals surface area contributed by atoms with Gasteiger partial charge in [0, 0.05) is 29.2 Å². The molecule has 0 bridgehead atoms. The van der Waals surface area contributed by atoms with E-state index in [0.29, 0.717) is 23.4 Å². The molecule has 150 valence electrons. The Bertz CT molecular complexity index is 1090. The Morgan fingerprint density at radius 2 is 1.86 bits per heavy atom. The van der Waals surface area contributed by atoms with E-state index in [1.807, 2.05) is 11.5 Å². The Morgan fingerprint density at radius 1 is 1.18 bits per heavy atom. The van der Waals surface area contributed by atoms with E-state index in [1.165, 1.54) is 6.07 Å². The van der Waals surface area contributed by atoms with E-state index >= 15 is 0 Å². The van der Waals surface area contributed by atoms with Gasteiger partial charge in [0.1, 0.15) is 5.75 Å². The average Bonchev–Trinajstić information content (AvgIpc) is 2.86. The second kappa shape index (κ2) is 7.67. The topological polar surface area (TPSA) is 86.4 Å². The van der Waals surface area contributed by atoms with Gasteiger partial charge >= 0.3 is 6.61 Å². The number of anilines is 2. The molecule has 1 heterocycles. The number of nitrogens with zero attached hydrogens (tertiary/aromatic N) is 1. The van der Waals surface area contributed by atoms with Crippen LogP contribution in [0.4, 0.5) is 20.2 Å². The highest BCUT2D eigenvalue weighted by Crippen LogP contribution is 2.38. The van der Waals surface area contributed by atoms with Gasteiger partial charge in [0.2, 0.25) is 10.0 Å². The number of fused-ring (bicyclic) bond motifs is 1. The molecule has 0 aliphatic carbocycles. The van der Waals surface area contributed by atoms with Crippen LogP contribution in [-0.2, 0) is 16.6 Å².